The van der Waals surface area contributed by atoms with E-state index in [0.29, 0.717) is 18.8 Å². The van der Waals surface area contributed by atoms with Gasteiger partial charge in [-0.25, -0.2) is 0 Å². The minimum atomic E-state index is 0.0662. The monoisotopic (exact) mass is 319 g/mol. The minimum Gasteiger partial charge on any atom is -0.506 e. The largest absolute Gasteiger partial charge is 0.506 e. The lowest BCUT2D eigenvalue weighted by molar-refractivity contribution is -0.122. The van der Waals surface area contributed by atoms with E-state index in [2.05, 4.69) is 15.1 Å². The van der Waals surface area contributed by atoms with Crippen molar-refractivity contribution in [3.8, 4) is 5.75 Å². The molecule has 2 fully saturated rings. The van der Waals surface area contributed by atoms with Gasteiger partial charge in [0.25, 0.3) is 0 Å². The molecule has 126 valence electrons. The molecule has 1 aromatic rings. The standard InChI is InChI=1S/C17H25N3O3/c21-16-6-2-1-5-15(16)20-9-7-19(8-10-20)13-17(22)18-12-14-4-3-11-23-14/h1-2,5-6,14,21H,3-4,7-13H2,(H,18,22)/t14-/m0/s1. The molecule has 0 bridgehead atoms. The first-order chi connectivity index (χ1) is 11.2. The molecule has 2 aliphatic heterocycles. The summed E-state index contributed by atoms with van der Waals surface area (Å²) in [6, 6.07) is 7.40. The number of rotatable bonds is 5. The molecule has 0 spiro atoms. The number of amides is 1. The Labute approximate surface area is 137 Å². The van der Waals surface area contributed by atoms with Crippen LogP contribution in [-0.4, -0.2) is 67.9 Å². The number of phenols is 1. The van der Waals surface area contributed by atoms with Gasteiger partial charge >= 0.3 is 0 Å². The maximum Gasteiger partial charge on any atom is 0.234 e. The number of para-hydroxylation sites is 2. The Balaban J connectivity index is 1.40. The smallest absolute Gasteiger partial charge is 0.234 e. The summed E-state index contributed by atoms with van der Waals surface area (Å²) in [6.07, 6.45) is 2.32. The van der Waals surface area contributed by atoms with E-state index in [0.717, 1.165) is 51.3 Å². The predicted octanol–water partition coefficient (Wildman–Crippen LogP) is 0.809. The van der Waals surface area contributed by atoms with E-state index in [1.54, 1.807) is 6.07 Å². The average Bonchev–Trinajstić information content (AvgIpc) is 3.08. The molecule has 3 rings (SSSR count). The lowest BCUT2D eigenvalue weighted by Gasteiger charge is -2.35. The highest BCUT2D eigenvalue weighted by atomic mass is 16.5. The van der Waals surface area contributed by atoms with Crippen LogP contribution in [-0.2, 0) is 9.53 Å². The summed E-state index contributed by atoms with van der Waals surface area (Å²) in [5, 5.41) is 12.9. The van der Waals surface area contributed by atoms with Crippen LogP contribution in [0.3, 0.4) is 0 Å². The number of anilines is 1. The Morgan fingerprint density at radius 2 is 2.04 bits per heavy atom. The second-order valence-corrected chi connectivity index (χ2v) is 6.19. The third kappa shape index (κ3) is 4.36. The molecular formula is C17H25N3O3. The molecule has 1 aromatic carbocycles. The van der Waals surface area contributed by atoms with Crippen molar-refractivity contribution in [3.05, 3.63) is 24.3 Å². The molecule has 2 aliphatic rings. The number of aromatic hydroxyl groups is 1. The van der Waals surface area contributed by atoms with Gasteiger partial charge in [-0.2, -0.15) is 0 Å². The molecule has 6 heteroatoms. The Morgan fingerprint density at radius 3 is 2.74 bits per heavy atom. The summed E-state index contributed by atoms with van der Waals surface area (Å²) < 4.78 is 5.51. The lowest BCUT2D eigenvalue weighted by atomic mass is 10.2. The number of carbonyl (C=O) groups excluding carboxylic acids is 1. The van der Waals surface area contributed by atoms with E-state index in [9.17, 15) is 9.90 Å². The van der Waals surface area contributed by atoms with Crippen LogP contribution in [0.15, 0.2) is 24.3 Å². The predicted molar refractivity (Wildman–Crippen MR) is 88.7 cm³/mol. The van der Waals surface area contributed by atoms with Crippen molar-refractivity contribution in [2.45, 2.75) is 18.9 Å². The first-order valence-electron chi connectivity index (χ1n) is 8.36. The van der Waals surface area contributed by atoms with Crippen molar-refractivity contribution in [2.75, 3.05) is 50.8 Å². The Bertz CT molecular complexity index is 524. The third-order valence-electron chi connectivity index (χ3n) is 4.51. The van der Waals surface area contributed by atoms with E-state index >= 15 is 0 Å². The van der Waals surface area contributed by atoms with E-state index < -0.39 is 0 Å². The number of phenolic OH excluding ortho intramolecular Hbond substituents is 1. The minimum absolute atomic E-state index is 0.0662. The van der Waals surface area contributed by atoms with E-state index in [-0.39, 0.29) is 12.0 Å². The van der Waals surface area contributed by atoms with E-state index in [4.69, 9.17) is 4.74 Å². The van der Waals surface area contributed by atoms with Crippen molar-refractivity contribution in [2.24, 2.45) is 0 Å². The van der Waals surface area contributed by atoms with Crippen LogP contribution in [0.1, 0.15) is 12.8 Å². The van der Waals surface area contributed by atoms with Gasteiger partial charge in [0.1, 0.15) is 5.75 Å². The van der Waals surface area contributed by atoms with Crippen LogP contribution >= 0.6 is 0 Å². The Morgan fingerprint density at radius 1 is 1.26 bits per heavy atom. The average molecular weight is 319 g/mol. The number of hydrogen-bond donors (Lipinski definition) is 2. The van der Waals surface area contributed by atoms with Crippen LogP contribution in [0.5, 0.6) is 5.75 Å². The van der Waals surface area contributed by atoms with Crippen LogP contribution in [0, 0.1) is 0 Å². The normalized spacial score (nSPS) is 22.3. The zero-order valence-electron chi connectivity index (χ0n) is 13.4. The first-order valence-corrected chi connectivity index (χ1v) is 8.36. The fourth-order valence-corrected chi connectivity index (χ4v) is 3.17. The second-order valence-electron chi connectivity index (χ2n) is 6.19. The number of piperazine rings is 1. The molecule has 0 aromatic heterocycles. The van der Waals surface area contributed by atoms with Gasteiger partial charge in [0, 0.05) is 39.3 Å². The lowest BCUT2D eigenvalue weighted by Crippen LogP contribution is -2.50. The summed E-state index contributed by atoms with van der Waals surface area (Å²) in [6.45, 7) is 5.14. The molecule has 1 atom stereocenters. The molecule has 0 saturated carbocycles. The summed E-state index contributed by atoms with van der Waals surface area (Å²) >= 11 is 0. The molecule has 2 saturated heterocycles. The van der Waals surface area contributed by atoms with Crippen molar-refractivity contribution in [1.29, 1.82) is 0 Å². The molecule has 0 aliphatic carbocycles. The summed E-state index contributed by atoms with van der Waals surface area (Å²) in [5.74, 6) is 0.381. The van der Waals surface area contributed by atoms with Crippen LogP contribution in [0.2, 0.25) is 0 Å². The third-order valence-corrected chi connectivity index (χ3v) is 4.51. The van der Waals surface area contributed by atoms with Gasteiger partial charge in [0.2, 0.25) is 5.91 Å². The maximum absolute atomic E-state index is 12.0. The van der Waals surface area contributed by atoms with Crippen molar-refractivity contribution >= 4 is 11.6 Å². The van der Waals surface area contributed by atoms with E-state index in [1.165, 1.54) is 0 Å². The van der Waals surface area contributed by atoms with Gasteiger partial charge in [0.05, 0.1) is 18.3 Å². The van der Waals surface area contributed by atoms with Crippen molar-refractivity contribution in [3.63, 3.8) is 0 Å². The zero-order chi connectivity index (χ0) is 16.1. The topological polar surface area (TPSA) is 65.0 Å². The van der Waals surface area contributed by atoms with Crippen LogP contribution in [0.25, 0.3) is 0 Å². The highest BCUT2D eigenvalue weighted by Gasteiger charge is 2.21. The highest BCUT2D eigenvalue weighted by Crippen LogP contribution is 2.27. The fraction of sp³-hybridized carbons (Fsp3) is 0.588. The molecular weight excluding hydrogens is 294 g/mol. The maximum atomic E-state index is 12.0. The van der Waals surface area contributed by atoms with Crippen LogP contribution < -0.4 is 10.2 Å². The van der Waals surface area contributed by atoms with Crippen molar-refractivity contribution < 1.29 is 14.6 Å². The van der Waals surface area contributed by atoms with Gasteiger partial charge in [-0.3, -0.25) is 9.69 Å². The highest BCUT2D eigenvalue weighted by molar-refractivity contribution is 5.78. The zero-order valence-corrected chi connectivity index (χ0v) is 13.4. The number of hydrogen-bond acceptors (Lipinski definition) is 5. The van der Waals surface area contributed by atoms with Crippen molar-refractivity contribution in [1.82, 2.24) is 10.2 Å². The first kappa shape index (κ1) is 16.1. The number of nitrogens with one attached hydrogen (secondary N) is 1. The molecule has 23 heavy (non-hydrogen) atoms. The summed E-state index contributed by atoms with van der Waals surface area (Å²) in [4.78, 5) is 16.3. The Hall–Kier alpha value is -1.79. The van der Waals surface area contributed by atoms with Gasteiger partial charge in [-0.1, -0.05) is 12.1 Å². The molecule has 6 nitrogen and oxygen atoms in total. The van der Waals surface area contributed by atoms with Gasteiger partial charge in [0.15, 0.2) is 0 Å². The number of ether oxygens (including phenoxy) is 1. The SMILES string of the molecule is O=C(CN1CCN(c2ccccc2O)CC1)NC[C@@H]1CCCO1. The number of carbonyl (C=O) groups is 1. The molecule has 0 radical (unpaired) electrons. The molecule has 0 unspecified atom stereocenters. The Kier molecular flexibility index (Phi) is 5.35. The van der Waals surface area contributed by atoms with Crippen LogP contribution in [0.4, 0.5) is 5.69 Å². The summed E-state index contributed by atoms with van der Waals surface area (Å²) in [5.41, 5.74) is 0.870. The fourth-order valence-electron chi connectivity index (χ4n) is 3.17. The molecule has 2 N–H and O–H groups in total. The second kappa shape index (κ2) is 7.66. The number of nitrogens with zero attached hydrogens (tertiary/aromatic N) is 2. The van der Waals surface area contributed by atoms with Gasteiger partial charge in [-0.15, -0.1) is 0 Å². The molecule has 2 heterocycles. The van der Waals surface area contributed by atoms with E-state index in [1.807, 2.05) is 18.2 Å². The number of benzene rings is 1. The van der Waals surface area contributed by atoms with Gasteiger partial charge < -0.3 is 20.1 Å². The molecule has 1 amide bonds. The summed E-state index contributed by atoms with van der Waals surface area (Å²) in [7, 11) is 0. The van der Waals surface area contributed by atoms with Gasteiger partial charge in [-0.05, 0) is 25.0 Å². The quantitative estimate of drug-likeness (QED) is 0.841.